The molecule has 0 saturated heterocycles. The van der Waals surface area contributed by atoms with E-state index < -0.39 is 12.3 Å². The number of carbonyl (C=O) groups excluding carboxylic acids is 4. The lowest BCUT2D eigenvalue weighted by molar-refractivity contribution is -0.122. The first-order valence-electron chi connectivity index (χ1n) is 18.5. The molecule has 1 fully saturated rings. The molecule has 4 aromatic carbocycles. The van der Waals surface area contributed by atoms with Crippen molar-refractivity contribution in [1.82, 2.24) is 20.9 Å². The molecular weight excluding hydrogens is 715 g/mol. The van der Waals surface area contributed by atoms with Crippen LogP contribution in [0.4, 0.5) is 11.4 Å². The number of hydrogen-bond acceptors (Lipinski definition) is 9. The van der Waals surface area contributed by atoms with Gasteiger partial charge in [-0.3, -0.25) is 24.6 Å². The van der Waals surface area contributed by atoms with Crippen molar-refractivity contribution in [3.63, 3.8) is 0 Å². The molecule has 15 heteroatoms. The molecule has 4 amide bonds. The van der Waals surface area contributed by atoms with E-state index in [1.165, 1.54) is 0 Å². The van der Waals surface area contributed by atoms with Gasteiger partial charge < -0.3 is 52.8 Å². The van der Waals surface area contributed by atoms with E-state index in [0.29, 0.717) is 59.7 Å². The van der Waals surface area contributed by atoms with Crippen molar-refractivity contribution in [2.24, 2.45) is 11.5 Å². The number of aliphatic hydroxyl groups excluding tert-OH is 1. The van der Waals surface area contributed by atoms with Gasteiger partial charge in [-0.15, -0.1) is 0 Å². The molecule has 15 nitrogen and oxygen atoms in total. The third kappa shape index (κ3) is 10.8. The van der Waals surface area contributed by atoms with Gasteiger partial charge in [0, 0.05) is 54.6 Å². The molecule has 1 unspecified atom stereocenters. The quantitative estimate of drug-likeness (QED) is 0.0460. The monoisotopic (exact) mass is 761 g/mol. The molecular formula is C41H47N9O6. The molecule has 292 valence electrons. The number of aliphatic hydroxyl groups is 1. The summed E-state index contributed by atoms with van der Waals surface area (Å²) in [5.41, 5.74) is 16.4. The SMILES string of the molecule is N=C(N)NCCC[C@H](N)C(=O)NCc1cccc(CNC(=O)c2ccc(NC(=O)c3ccc(CN(C(=O)c4ccc5c(c4)OCC(O)N5)C4CC4)cc3)cc2)c1. The lowest BCUT2D eigenvalue weighted by atomic mass is 10.1. The lowest BCUT2D eigenvalue weighted by Gasteiger charge is -2.26. The number of carbonyl (C=O) groups is 4. The summed E-state index contributed by atoms with van der Waals surface area (Å²) in [6, 6.07) is 25.9. The number of guanidine groups is 1. The first kappa shape index (κ1) is 39.2. The highest BCUT2D eigenvalue weighted by atomic mass is 16.5. The number of nitrogens with zero attached hydrogens (tertiary/aromatic N) is 1. The maximum Gasteiger partial charge on any atom is 0.255 e. The number of ether oxygens (including phenoxy) is 1. The van der Waals surface area contributed by atoms with Crippen molar-refractivity contribution in [2.45, 2.75) is 63.6 Å². The predicted molar refractivity (Wildman–Crippen MR) is 212 cm³/mol. The molecule has 11 N–H and O–H groups in total. The molecule has 1 aliphatic carbocycles. The van der Waals surface area contributed by atoms with E-state index in [-0.39, 0.29) is 55.3 Å². The van der Waals surface area contributed by atoms with Gasteiger partial charge in [0.15, 0.2) is 12.2 Å². The van der Waals surface area contributed by atoms with Gasteiger partial charge in [0.05, 0.1) is 11.7 Å². The van der Waals surface area contributed by atoms with Crippen molar-refractivity contribution in [2.75, 3.05) is 23.8 Å². The van der Waals surface area contributed by atoms with Crippen LogP contribution in [-0.4, -0.2) is 71.1 Å². The summed E-state index contributed by atoms with van der Waals surface area (Å²) in [5, 5.41) is 31.1. The van der Waals surface area contributed by atoms with Crippen LogP contribution in [0.25, 0.3) is 0 Å². The highest BCUT2D eigenvalue weighted by molar-refractivity contribution is 6.04. The van der Waals surface area contributed by atoms with Gasteiger partial charge in [-0.1, -0.05) is 36.4 Å². The third-order valence-corrected chi connectivity index (χ3v) is 9.43. The largest absolute Gasteiger partial charge is 0.487 e. The molecule has 1 heterocycles. The van der Waals surface area contributed by atoms with Crippen molar-refractivity contribution < 1.29 is 29.0 Å². The van der Waals surface area contributed by atoms with Crippen LogP contribution in [0.1, 0.15) is 73.4 Å². The molecule has 0 bridgehead atoms. The van der Waals surface area contributed by atoms with Crippen LogP contribution < -0.4 is 42.8 Å². The zero-order valence-corrected chi connectivity index (χ0v) is 30.8. The van der Waals surface area contributed by atoms with Crippen molar-refractivity contribution in [1.29, 1.82) is 5.41 Å². The molecule has 2 aliphatic rings. The second-order valence-electron chi connectivity index (χ2n) is 13.9. The van der Waals surface area contributed by atoms with Crippen molar-refractivity contribution in [3.05, 3.63) is 124 Å². The fourth-order valence-electron chi connectivity index (χ4n) is 6.20. The Hall–Kier alpha value is -6.45. The maximum absolute atomic E-state index is 13.5. The van der Waals surface area contributed by atoms with Gasteiger partial charge in [0.2, 0.25) is 5.91 Å². The van der Waals surface area contributed by atoms with Gasteiger partial charge >= 0.3 is 0 Å². The summed E-state index contributed by atoms with van der Waals surface area (Å²) in [6.07, 6.45) is 2.12. The van der Waals surface area contributed by atoms with Crippen LogP contribution >= 0.6 is 0 Å². The van der Waals surface area contributed by atoms with Crippen LogP contribution in [-0.2, 0) is 24.4 Å². The van der Waals surface area contributed by atoms with Gasteiger partial charge in [0.1, 0.15) is 12.4 Å². The topological polar surface area (TPSA) is 237 Å². The summed E-state index contributed by atoms with van der Waals surface area (Å²) in [5.74, 6) is -0.560. The number of amides is 4. The molecule has 1 aliphatic heterocycles. The highest BCUT2D eigenvalue weighted by Crippen LogP contribution is 2.33. The normalized spacial score (nSPS) is 14.9. The van der Waals surface area contributed by atoms with E-state index in [4.69, 9.17) is 21.6 Å². The number of nitrogens with one attached hydrogen (secondary N) is 6. The van der Waals surface area contributed by atoms with Crippen LogP contribution in [0.2, 0.25) is 0 Å². The highest BCUT2D eigenvalue weighted by Gasteiger charge is 2.33. The molecule has 1 saturated carbocycles. The molecule has 0 radical (unpaired) electrons. The summed E-state index contributed by atoms with van der Waals surface area (Å²) in [6.45, 7) is 1.53. The molecule has 0 aromatic heterocycles. The Morgan fingerprint density at radius 3 is 2.20 bits per heavy atom. The number of benzene rings is 4. The second kappa shape index (κ2) is 18.3. The summed E-state index contributed by atoms with van der Waals surface area (Å²) in [4.78, 5) is 53.7. The Labute approximate surface area is 324 Å². The Bertz CT molecular complexity index is 2050. The second-order valence-corrected chi connectivity index (χ2v) is 13.9. The average Bonchev–Trinajstić information content (AvgIpc) is 4.05. The van der Waals surface area contributed by atoms with E-state index in [0.717, 1.165) is 29.5 Å². The third-order valence-electron chi connectivity index (χ3n) is 9.43. The fourth-order valence-corrected chi connectivity index (χ4v) is 6.20. The Morgan fingerprint density at radius 1 is 0.839 bits per heavy atom. The molecule has 2 atom stereocenters. The molecule has 4 aromatic rings. The minimum absolute atomic E-state index is 0.102. The number of anilines is 2. The van der Waals surface area contributed by atoms with Gasteiger partial charge in [-0.25, -0.2) is 0 Å². The zero-order valence-electron chi connectivity index (χ0n) is 30.8. The van der Waals surface area contributed by atoms with E-state index in [1.807, 2.05) is 41.3 Å². The fraction of sp³-hybridized carbons (Fsp3) is 0.293. The van der Waals surface area contributed by atoms with E-state index >= 15 is 0 Å². The summed E-state index contributed by atoms with van der Waals surface area (Å²) < 4.78 is 5.60. The van der Waals surface area contributed by atoms with Gasteiger partial charge in [-0.2, -0.15) is 0 Å². The Kier molecular flexibility index (Phi) is 12.8. The van der Waals surface area contributed by atoms with Gasteiger partial charge in [-0.05, 0) is 97.0 Å². The number of hydrogen-bond donors (Lipinski definition) is 9. The number of fused-ring (bicyclic) bond motifs is 1. The maximum atomic E-state index is 13.5. The minimum atomic E-state index is -0.791. The Balaban J connectivity index is 0.952. The van der Waals surface area contributed by atoms with E-state index in [9.17, 15) is 24.3 Å². The molecule has 0 spiro atoms. The van der Waals surface area contributed by atoms with Crippen LogP contribution in [0.3, 0.4) is 0 Å². The van der Waals surface area contributed by atoms with E-state index in [1.54, 1.807) is 54.6 Å². The lowest BCUT2D eigenvalue weighted by Crippen LogP contribution is -2.41. The zero-order chi connectivity index (χ0) is 39.6. The average molecular weight is 762 g/mol. The minimum Gasteiger partial charge on any atom is -0.487 e. The predicted octanol–water partition coefficient (Wildman–Crippen LogP) is 3.00. The number of rotatable bonds is 16. The van der Waals surface area contributed by atoms with E-state index in [2.05, 4.69) is 26.6 Å². The van der Waals surface area contributed by atoms with Crippen molar-refractivity contribution >= 4 is 41.0 Å². The molecule has 6 rings (SSSR count). The van der Waals surface area contributed by atoms with Gasteiger partial charge in [0.25, 0.3) is 17.7 Å². The molecule has 56 heavy (non-hydrogen) atoms. The summed E-state index contributed by atoms with van der Waals surface area (Å²) in [7, 11) is 0. The van der Waals surface area contributed by atoms with Crippen LogP contribution in [0.15, 0.2) is 91.0 Å². The summed E-state index contributed by atoms with van der Waals surface area (Å²) >= 11 is 0. The standard InChI is InChI=1S/C41H47N9O6/c42-33(5-2-18-45-41(43)44)39(54)47-22-27-4-1-3-26(19-27)21-46-37(52)28-10-13-31(14-11-28)48-38(53)29-8-6-25(7-9-29)23-50(32-15-16-32)40(55)30-12-17-34-35(20-30)56-24-36(51)49-34/h1,3-4,6-14,17,19-20,32-33,36,49,51H,2,5,15-16,18,21-24,42H2,(H,46,52)(H,47,54)(H,48,53)(H4,43,44,45)/t33-,36?/m0/s1. The first-order chi connectivity index (χ1) is 27.0. The number of nitrogens with two attached hydrogens (primary N) is 2. The Morgan fingerprint density at radius 2 is 1.50 bits per heavy atom. The van der Waals surface area contributed by atoms with Crippen molar-refractivity contribution in [3.8, 4) is 5.75 Å². The van der Waals surface area contributed by atoms with Crippen LogP contribution in [0, 0.1) is 5.41 Å². The smallest absolute Gasteiger partial charge is 0.255 e. The first-order valence-corrected chi connectivity index (χ1v) is 18.5. The van der Waals surface area contributed by atoms with Crippen LogP contribution in [0.5, 0.6) is 5.75 Å².